The van der Waals surface area contributed by atoms with Crippen molar-refractivity contribution < 1.29 is 0 Å². The second kappa shape index (κ2) is 6.21. The SMILES string of the molecule is CC(C)C(Sc1nncn1C)C(N)c1ccccc1. The molecule has 2 N–H and O–H groups in total. The molecule has 102 valence electrons. The van der Waals surface area contributed by atoms with E-state index in [0.29, 0.717) is 5.92 Å². The highest BCUT2D eigenvalue weighted by molar-refractivity contribution is 7.99. The normalized spacial score (nSPS) is 14.6. The van der Waals surface area contributed by atoms with Gasteiger partial charge in [-0.25, -0.2) is 0 Å². The Bertz CT molecular complexity index is 509. The van der Waals surface area contributed by atoms with Crippen molar-refractivity contribution in [3.63, 3.8) is 0 Å². The topological polar surface area (TPSA) is 56.7 Å². The van der Waals surface area contributed by atoms with Crippen LogP contribution < -0.4 is 5.73 Å². The van der Waals surface area contributed by atoms with Crippen LogP contribution in [0.15, 0.2) is 41.8 Å². The van der Waals surface area contributed by atoms with E-state index in [1.807, 2.05) is 29.8 Å². The zero-order chi connectivity index (χ0) is 13.8. The number of benzene rings is 1. The van der Waals surface area contributed by atoms with Gasteiger partial charge in [0, 0.05) is 18.3 Å². The third-order valence-corrected chi connectivity index (χ3v) is 4.80. The second-order valence-electron chi connectivity index (χ2n) is 4.99. The summed E-state index contributed by atoms with van der Waals surface area (Å²) in [6.45, 7) is 4.38. The molecule has 0 amide bonds. The van der Waals surface area contributed by atoms with Crippen LogP contribution >= 0.6 is 11.8 Å². The summed E-state index contributed by atoms with van der Waals surface area (Å²) < 4.78 is 1.93. The molecular formula is C14H20N4S. The molecule has 0 radical (unpaired) electrons. The Morgan fingerprint density at radius 2 is 1.89 bits per heavy atom. The predicted octanol–water partition coefficient (Wildman–Crippen LogP) is 2.63. The summed E-state index contributed by atoms with van der Waals surface area (Å²) in [6, 6.07) is 10.2. The maximum Gasteiger partial charge on any atom is 0.191 e. The molecule has 1 heterocycles. The van der Waals surface area contributed by atoms with Gasteiger partial charge in [-0.2, -0.15) is 0 Å². The number of hydrogen-bond donors (Lipinski definition) is 1. The Balaban J connectivity index is 2.19. The summed E-state index contributed by atoms with van der Waals surface area (Å²) in [6.07, 6.45) is 1.72. The molecule has 0 saturated carbocycles. The molecule has 0 bridgehead atoms. The molecule has 1 aromatic carbocycles. The number of nitrogens with two attached hydrogens (primary N) is 1. The number of thioether (sulfide) groups is 1. The highest BCUT2D eigenvalue weighted by Crippen LogP contribution is 2.34. The summed E-state index contributed by atoms with van der Waals surface area (Å²) in [5, 5.41) is 9.23. The van der Waals surface area contributed by atoms with Crippen LogP contribution in [0.25, 0.3) is 0 Å². The van der Waals surface area contributed by atoms with Crippen molar-refractivity contribution in [3.05, 3.63) is 42.2 Å². The molecule has 0 aliphatic rings. The van der Waals surface area contributed by atoms with Crippen molar-refractivity contribution in [3.8, 4) is 0 Å². The average Bonchev–Trinajstić information content (AvgIpc) is 2.81. The largest absolute Gasteiger partial charge is 0.323 e. The Kier molecular flexibility index (Phi) is 4.61. The van der Waals surface area contributed by atoms with Crippen LogP contribution in [0, 0.1) is 5.92 Å². The smallest absolute Gasteiger partial charge is 0.191 e. The number of aromatic nitrogens is 3. The van der Waals surface area contributed by atoms with Crippen molar-refractivity contribution in [2.75, 3.05) is 0 Å². The summed E-state index contributed by atoms with van der Waals surface area (Å²) in [4.78, 5) is 0. The molecule has 5 heteroatoms. The van der Waals surface area contributed by atoms with E-state index in [2.05, 4.69) is 36.2 Å². The summed E-state index contributed by atoms with van der Waals surface area (Å²) >= 11 is 1.70. The van der Waals surface area contributed by atoms with Gasteiger partial charge >= 0.3 is 0 Å². The fourth-order valence-electron chi connectivity index (χ4n) is 1.99. The fourth-order valence-corrected chi connectivity index (χ4v) is 3.12. The number of nitrogens with zero attached hydrogens (tertiary/aromatic N) is 3. The quantitative estimate of drug-likeness (QED) is 0.853. The highest BCUT2D eigenvalue weighted by Gasteiger charge is 2.25. The fraction of sp³-hybridized carbons (Fsp3) is 0.429. The molecule has 19 heavy (non-hydrogen) atoms. The minimum absolute atomic E-state index is 0.0112. The van der Waals surface area contributed by atoms with Crippen LogP contribution in [0.1, 0.15) is 25.5 Å². The standard InChI is InChI=1S/C14H20N4S/c1-10(2)13(19-14-17-16-9-18(14)3)12(15)11-7-5-4-6-8-11/h4-10,12-13H,15H2,1-3H3. The molecule has 2 atom stereocenters. The average molecular weight is 276 g/mol. The lowest BCUT2D eigenvalue weighted by atomic mass is 9.97. The zero-order valence-electron chi connectivity index (χ0n) is 11.5. The first-order valence-electron chi connectivity index (χ1n) is 6.40. The maximum absolute atomic E-state index is 6.43. The molecule has 4 nitrogen and oxygen atoms in total. The van der Waals surface area contributed by atoms with E-state index in [1.54, 1.807) is 18.1 Å². The molecule has 0 aliphatic carbocycles. The molecule has 0 fully saturated rings. The maximum atomic E-state index is 6.43. The molecule has 0 spiro atoms. The van der Waals surface area contributed by atoms with E-state index < -0.39 is 0 Å². The van der Waals surface area contributed by atoms with E-state index in [0.717, 1.165) is 10.7 Å². The minimum Gasteiger partial charge on any atom is -0.323 e. The van der Waals surface area contributed by atoms with Gasteiger partial charge in [-0.3, -0.25) is 0 Å². The Labute approximate surface area is 118 Å². The van der Waals surface area contributed by atoms with Gasteiger partial charge in [-0.05, 0) is 11.5 Å². The van der Waals surface area contributed by atoms with E-state index in [-0.39, 0.29) is 11.3 Å². The first kappa shape index (κ1) is 14.1. The lowest BCUT2D eigenvalue weighted by Crippen LogP contribution is -2.28. The molecule has 0 saturated heterocycles. The van der Waals surface area contributed by atoms with Crippen molar-refractivity contribution >= 4 is 11.8 Å². The predicted molar refractivity (Wildman–Crippen MR) is 78.9 cm³/mol. The molecule has 1 aromatic heterocycles. The van der Waals surface area contributed by atoms with Crippen LogP contribution in [0.4, 0.5) is 0 Å². The van der Waals surface area contributed by atoms with Gasteiger partial charge in [0.2, 0.25) is 0 Å². The molecular weight excluding hydrogens is 256 g/mol. The summed E-state index contributed by atoms with van der Waals surface area (Å²) in [7, 11) is 1.95. The highest BCUT2D eigenvalue weighted by atomic mass is 32.2. The summed E-state index contributed by atoms with van der Waals surface area (Å²) in [5.41, 5.74) is 7.59. The van der Waals surface area contributed by atoms with Gasteiger partial charge in [-0.15, -0.1) is 10.2 Å². The van der Waals surface area contributed by atoms with Gasteiger partial charge in [0.25, 0.3) is 0 Å². The molecule has 2 rings (SSSR count). The van der Waals surface area contributed by atoms with Gasteiger partial charge in [0.1, 0.15) is 6.33 Å². The third-order valence-electron chi connectivity index (χ3n) is 3.11. The van der Waals surface area contributed by atoms with Gasteiger partial charge in [-0.1, -0.05) is 55.9 Å². The Morgan fingerprint density at radius 1 is 1.21 bits per heavy atom. The van der Waals surface area contributed by atoms with Gasteiger partial charge in [0.15, 0.2) is 5.16 Å². The lowest BCUT2D eigenvalue weighted by Gasteiger charge is -2.26. The van der Waals surface area contributed by atoms with Gasteiger partial charge in [0.05, 0.1) is 0 Å². The molecule has 0 aliphatic heterocycles. The minimum atomic E-state index is -0.0112. The Hall–Kier alpha value is -1.33. The first-order chi connectivity index (χ1) is 9.09. The monoisotopic (exact) mass is 276 g/mol. The van der Waals surface area contributed by atoms with E-state index in [1.165, 1.54) is 0 Å². The van der Waals surface area contributed by atoms with Gasteiger partial charge < -0.3 is 10.3 Å². The van der Waals surface area contributed by atoms with E-state index >= 15 is 0 Å². The zero-order valence-corrected chi connectivity index (χ0v) is 12.3. The van der Waals surface area contributed by atoms with Crippen LogP contribution in [0.2, 0.25) is 0 Å². The van der Waals surface area contributed by atoms with E-state index in [9.17, 15) is 0 Å². The molecule has 2 unspecified atom stereocenters. The Morgan fingerprint density at radius 3 is 2.42 bits per heavy atom. The van der Waals surface area contributed by atoms with Crippen molar-refractivity contribution in [2.45, 2.75) is 30.3 Å². The van der Waals surface area contributed by atoms with Crippen LogP contribution in [-0.2, 0) is 7.05 Å². The van der Waals surface area contributed by atoms with Crippen molar-refractivity contribution in [2.24, 2.45) is 18.7 Å². The van der Waals surface area contributed by atoms with Crippen molar-refractivity contribution in [1.82, 2.24) is 14.8 Å². The molecule has 2 aromatic rings. The second-order valence-corrected chi connectivity index (χ2v) is 6.13. The van der Waals surface area contributed by atoms with E-state index in [4.69, 9.17) is 5.73 Å². The van der Waals surface area contributed by atoms with Crippen LogP contribution in [0.5, 0.6) is 0 Å². The number of aryl methyl sites for hydroxylation is 1. The summed E-state index contributed by atoms with van der Waals surface area (Å²) in [5.74, 6) is 0.455. The first-order valence-corrected chi connectivity index (χ1v) is 7.28. The third kappa shape index (κ3) is 3.36. The number of rotatable bonds is 5. The van der Waals surface area contributed by atoms with Crippen LogP contribution in [-0.4, -0.2) is 20.0 Å². The lowest BCUT2D eigenvalue weighted by molar-refractivity contribution is 0.525. The van der Waals surface area contributed by atoms with Crippen molar-refractivity contribution in [1.29, 1.82) is 0 Å². The van der Waals surface area contributed by atoms with Crippen LogP contribution in [0.3, 0.4) is 0 Å². The number of hydrogen-bond acceptors (Lipinski definition) is 4.